The fourth-order valence-corrected chi connectivity index (χ4v) is 4.57. The maximum absolute atomic E-state index is 12.3. The first kappa shape index (κ1) is 24.8. The highest BCUT2D eigenvalue weighted by molar-refractivity contribution is 7.18. The average Bonchev–Trinajstić information content (AvgIpc) is 3.14. The number of aliphatic carboxylic acids is 1. The molecule has 0 atom stereocenters. The Hall–Kier alpha value is -3.85. The summed E-state index contributed by atoms with van der Waals surface area (Å²) in [6.45, 7) is 3.39. The minimum absolute atomic E-state index is 0.0518. The molecule has 0 aliphatic rings. The van der Waals surface area contributed by atoms with Crippen molar-refractivity contribution in [2.75, 3.05) is 13.7 Å². The number of ether oxygens (including phenoxy) is 2. The molecule has 3 rings (SSSR count). The maximum atomic E-state index is 12.3. The van der Waals surface area contributed by atoms with E-state index >= 15 is 0 Å². The van der Waals surface area contributed by atoms with Gasteiger partial charge in [0.2, 0.25) is 5.91 Å². The second kappa shape index (κ2) is 10.8. The van der Waals surface area contributed by atoms with E-state index in [1.165, 1.54) is 6.92 Å². The van der Waals surface area contributed by atoms with Crippen LogP contribution in [-0.4, -0.2) is 46.7 Å². The minimum atomic E-state index is -1.19. The van der Waals surface area contributed by atoms with Gasteiger partial charge in [0, 0.05) is 30.5 Å². The summed E-state index contributed by atoms with van der Waals surface area (Å²) in [5, 5.41) is 18.5. The summed E-state index contributed by atoms with van der Waals surface area (Å²) in [4.78, 5) is 37.2. The Morgan fingerprint density at radius 2 is 1.68 bits per heavy atom. The lowest BCUT2D eigenvalue weighted by molar-refractivity contribution is -0.139. The molecule has 0 spiro atoms. The summed E-state index contributed by atoms with van der Waals surface area (Å²) in [5.74, 6) is -1.65. The van der Waals surface area contributed by atoms with Gasteiger partial charge in [-0.05, 0) is 41.8 Å². The van der Waals surface area contributed by atoms with Gasteiger partial charge in [0.15, 0.2) is 11.5 Å². The first-order valence-corrected chi connectivity index (χ1v) is 11.2. The summed E-state index contributed by atoms with van der Waals surface area (Å²) in [7, 11) is 1.60. The third-order valence-electron chi connectivity index (χ3n) is 5.17. The van der Waals surface area contributed by atoms with Gasteiger partial charge in [0.1, 0.15) is 11.5 Å². The molecule has 0 aliphatic carbocycles. The highest BCUT2D eigenvalue weighted by Gasteiger charge is 2.23. The van der Waals surface area contributed by atoms with Crippen LogP contribution < -0.4 is 9.47 Å². The average molecular weight is 484 g/mol. The van der Waals surface area contributed by atoms with Crippen molar-refractivity contribution < 1.29 is 34.1 Å². The number of carboxylic acids is 2. The molecule has 0 saturated heterocycles. The highest BCUT2D eigenvalue weighted by Crippen LogP contribution is 2.41. The van der Waals surface area contributed by atoms with E-state index in [0.29, 0.717) is 23.5 Å². The van der Waals surface area contributed by atoms with Crippen LogP contribution in [0.1, 0.15) is 33.3 Å². The number of benzene rings is 2. The standard InChI is InChI=1S/C25H25NO7S/c1-15-22(33-14-21(28)29)24(25(30)31)34-23(15)19-6-4-5-18(11-19)13-26(16(2)27)12-17-7-9-20(32-3)10-8-17/h4-11H,12-14H2,1-3H3,(H,28,29)(H,30,31). The number of carbonyl (C=O) groups excluding carboxylic acids is 1. The van der Waals surface area contributed by atoms with Crippen LogP contribution in [0.3, 0.4) is 0 Å². The fourth-order valence-electron chi connectivity index (χ4n) is 3.48. The predicted octanol–water partition coefficient (Wildman–Crippen LogP) is 4.44. The van der Waals surface area contributed by atoms with Crippen LogP contribution in [0, 0.1) is 6.92 Å². The largest absolute Gasteiger partial charge is 0.497 e. The number of rotatable bonds is 10. The van der Waals surface area contributed by atoms with Crippen LogP contribution in [0.4, 0.5) is 0 Å². The molecule has 2 aromatic carbocycles. The van der Waals surface area contributed by atoms with E-state index in [9.17, 15) is 19.5 Å². The van der Waals surface area contributed by atoms with Crippen molar-refractivity contribution in [1.29, 1.82) is 0 Å². The molecule has 1 aromatic heterocycles. The molecule has 0 radical (unpaired) electrons. The van der Waals surface area contributed by atoms with E-state index in [2.05, 4.69) is 0 Å². The van der Waals surface area contributed by atoms with Crippen LogP contribution in [0.25, 0.3) is 10.4 Å². The molecule has 178 valence electrons. The summed E-state index contributed by atoms with van der Waals surface area (Å²) in [6.07, 6.45) is 0. The zero-order valence-electron chi connectivity index (χ0n) is 19.0. The van der Waals surface area contributed by atoms with Crippen molar-refractivity contribution >= 4 is 29.2 Å². The van der Waals surface area contributed by atoms with Crippen LogP contribution in [0.2, 0.25) is 0 Å². The number of amides is 1. The maximum Gasteiger partial charge on any atom is 0.349 e. The zero-order chi connectivity index (χ0) is 24.8. The molecule has 0 saturated carbocycles. The number of hydrogen-bond acceptors (Lipinski definition) is 6. The minimum Gasteiger partial charge on any atom is -0.497 e. The van der Waals surface area contributed by atoms with Gasteiger partial charge in [-0.2, -0.15) is 0 Å². The van der Waals surface area contributed by atoms with E-state index in [-0.39, 0.29) is 16.5 Å². The number of nitrogens with zero attached hydrogens (tertiary/aromatic N) is 1. The number of methoxy groups -OCH3 is 1. The molecule has 3 aromatic rings. The first-order valence-electron chi connectivity index (χ1n) is 10.4. The summed E-state index contributed by atoms with van der Waals surface area (Å²) in [6, 6.07) is 15.0. The van der Waals surface area contributed by atoms with Gasteiger partial charge in [-0.25, -0.2) is 9.59 Å². The number of thiophene rings is 1. The third-order valence-corrected chi connectivity index (χ3v) is 6.48. The molecule has 8 nitrogen and oxygen atoms in total. The van der Waals surface area contributed by atoms with Gasteiger partial charge in [-0.15, -0.1) is 11.3 Å². The molecule has 1 heterocycles. The van der Waals surface area contributed by atoms with Crippen LogP contribution in [0.5, 0.6) is 11.5 Å². The van der Waals surface area contributed by atoms with E-state index in [1.54, 1.807) is 18.9 Å². The predicted molar refractivity (Wildman–Crippen MR) is 128 cm³/mol. The lowest BCUT2D eigenvalue weighted by atomic mass is 10.1. The van der Waals surface area contributed by atoms with E-state index in [1.807, 2.05) is 48.5 Å². The topological polar surface area (TPSA) is 113 Å². The van der Waals surface area contributed by atoms with Crippen LogP contribution >= 0.6 is 11.3 Å². The quantitative estimate of drug-likeness (QED) is 0.438. The molecule has 0 bridgehead atoms. The highest BCUT2D eigenvalue weighted by atomic mass is 32.1. The van der Waals surface area contributed by atoms with Crippen molar-refractivity contribution in [1.82, 2.24) is 4.90 Å². The van der Waals surface area contributed by atoms with Crippen LogP contribution in [-0.2, 0) is 22.7 Å². The summed E-state index contributed by atoms with van der Waals surface area (Å²) in [5.41, 5.74) is 3.16. The van der Waals surface area contributed by atoms with Crippen molar-refractivity contribution in [2.24, 2.45) is 0 Å². The third kappa shape index (κ3) is 5.93. The molecule has 9 heteroatoms. The molecular weight excluding hydrogens is 458 g/mol. The molecule has 0 fully saturated rings. The van der Waals surface area contributed by atoms with Gasteiger partial charge < -0.3 is 24.6 Å². The van der Waals surface area contributed by atoms with Gasteiger partial charge in [0.05, 0.1) is 7.11 Å². The van der Waals surface area contributed by atoms with E-state index < -0.39 is 18.5 Å². The molecule has 34 heavy (non-hydrogen) atoms. The fraction of sp³-hybridized carbons (Fsp3) is 0.240. The lowest BCUT2D eigenvalue weighted by Crippen LogP contribution is -2.27. The molecule has 0 unspecified atom stereocenters. The Labute approximate surface area is 201 Å². The Bertz CT molecular complexity index is 1200. The normalized spacial score (nSPS) is 10.6. The molecule has 2 N–H and O–H groups in total. The monoisotopic (exact) mass is 483 g/mol. The number of carboxylic acid groups (broad SMARTS) is 2. The Morgan fingerprint density at radius 3 is 2.26 bits per heavy atom. The van der Waals surface area contributed by atoms with Crippen molar-refractivity contribution in [3.05, 3.63) is 70.1 Å². The first-order chi connectivity index (χ1) is 16.2. The van der Waals surface area contributed by atoms with Gasteiger partial charge in [-0.1, -0.05) is 30.3 Å². The van der Waals surface area contributed by atoms with Crippen molar-refractivity contribution in [2.45, 2.75) is 26.9 Å². The van der Waals surface area contributed by atoms with Crippen LogP contribution in [0.15, 0.2) is 48.5 Å². The molecule has 0 aliphatic heterocycles. The summed E-state index contributed by atoms with van der Waals surface area (Å²) >= 11 is 1.03. The second-order valence-corrected chi connectivity index (χ2v) is 8.65. The number of aromatic carboxylic acids is 1. The Morgan fingerprint density at radius 1 is 1.00 bits per heavy atom. The molecule has 1 amide bonds. The number of carbonyl (C=O) groups is 3. The van der Waals surface area contributed by atoms with E-state index in [0.717, 1.165) is 33.8 Å². The van der Waals surface area contributed by atoms with E-state index in [4.69, 9.17) is 14.6 Å². The molecular formula is C25H25NO7S. The Balaban J connectivity index is 1.87. The SMILES string of the molecule is COc1ccc(CN(Cc2cccc(-c3sc(C(=O)O)c(OCC(=O)O)c3C)c2)C(C)=O)cc1. The van der Waals surface area contributed by atoms with Gasteiger partial charge in [0.25, 0.3) is 0 Å². The smallest absolute Gasteiger partial charge is 0.349 e. The van der Waals surface area contributed by atoms with Crippen molar-refractivity contribution in [3.8, 4) is 21.9 Å². The second-order valence-electron chi connectivity index (χ2n) is 7.63. The zero-order valence-corrected chi connectivity index (χ0v) is 19.8. The Kier molecular flexibility index (Phi) is 7.91. The number of hydrogen-bond donors (Lipinski definition) is 2. The summed E-state index contributed by atoms with van der Waals surface area (Å²) < 4.78 is 10.4. The van der Waals surface area contributed by atoms with Crippen molar-refractivity contribution in [3.63, 3.8) is 0 Å². The van der Waals surface area contributed by atoms with Gasteiger partial charge >= 0.3 is 11.9 Å². The van der Waals surface area contributed by atoms with Gasteiger partial charge in [-0.3, -0.25) is 4.79 Å². The lowest BCUT2D eigenvalue weighted by Gasteiger charge is -2.22.